The van der Waals surface area contributed by atoms with Crippen LogP contribution in [0.2, 0.25) is 10.0 Å². The van der Waals surface area contributed by atoms with Gasteiger partial charge in [-0.1, -0.05) is 23.2 Å². The van der Waals surface area contributed by atoms with Crippen LogP contribution in [0.4, 0.5) is 10.6 Å². The number of rotatable bonds is 3. The number of carboxylic acid groups (broad SMARTS) is 1. The van der Waals surface area contributed by atoms with Crippen molar-refractivity contribution in [3.05, 3.63) is 47.0 Å². The molecule has 1 fully saturated rings. The predicted octanol–water partition coefficient (Wildman–Crippen LogP) is 3.07. The highest BCUT2D eigenvalue weighted by Gasteiger charge is 2.37. The van der Waals surface area contributed by atoms with E-state index in [9.17, 15) is 14.7 Å². The Morgan fingerprint density at radius 1 is 1.27 bits per heavy atom. The van der Waals surface area contributed by atoms with Gasteiger partial charge in [-0.2, -0.15) is 0 Å². The molecule has 3 aromatic rings. The van der Waals surface area contributed by atoms with E-state index in [1.54, 1.807) is 24.8 Å². The molecule has 1 aliphatic heterocycles. The van der Waals surface area contributed by atoms with E-state index in [2.05, 4.69) is 9.97 Å². The van der Waals surface area contributed by atoms with Gasteiger partial charge in [-0.15, -0.1) is 0 Å². The third kappa shape index (κ3) is 3.50. The van der Waals surface area contributed by atoms with E-state index < -0.39 is 18.1 Å². The first-order valence-corrected chi connectivity index (χ1v) is 9.75. The normalized spacial score (nSPS) is 16.7. The molecule has 1 amide bonds. The van der Waals surface area contributed by atoms with Gasteiger partial charge in [-0.3, -0.25) is 4.90 Å². The number of aromatic nitrogens is 3. The van der Waals surface area contributed by atoms with Gasteiger partial charge in [0.25, 0.3) is 0 Å². The Kier molecular flexibility index (Phi) is 5.40. The topological polar surface area (TPSA) is 101 Å². The summed E-state index contributed by atoms with van der Waals surface area (Å²) in [5.74, 6) is -0.0897. The summed E-state index contributed by atoms with van der Waals surface area (Å²) in [7, 11) is 1.23. The molecule has 156 valence electrons. The van der Waals surface area contributed by atoms with Gasteiger partial charge >= 0.3 is 12.1 Å². The van der Waals surface area contributed by atoms with Crippen molar-refractivity contribution in [3.8, 4) is 5.69 Å². The minimum Gasteiger partial charge on any atom is -0.467 e. The molecule has 0 radical (unpaired) electrons. The van der Waals surface area contributed by atoms with Crippen molar-refractivity contribution >= 4 is 52.0 Å². The summed E-state index contributed by atoms with van der Waals surface area (Å²) in [6.45, 7) is 0.567. The lowest BCUT2D eigenvalue weighted by Gasteiger charge is -2.39. The van der Waals surface area contributed by atoms with Crippen LogP contribution in [0.3, 0.4) is 0 Å². The van der Waals surface area contributed by atoms with Gasteiger partial charge < -0.3 is 19.3 Å². The third-order valence-electron chi connectivity index (χ3n) is 5.04. The highest BCUT2D eigenvalue weighted by atomic mass is 35.5. The quantitative estimate of drug-likeness (QED) is 0.612. The van der Waals surface area contributed by atoms with E-state index in [-0.39, 0.29) is 13.1 Å². The monoisotopic (exact) mass is 449 g/mol. The number of fused-ring (bicyclic) bond motifs is 1. The summed E-state index contributed by atoms with van der Waals surface area (Å²) < 4.78 is 6.62. The maximum Gasteiger partial charge on any atom is 0.408 e. The second kappa shape index (κ2) is 8.00. The number of piperazine rings is 1. The van der Waals surface area contributed by atoms with Crippen molar-refractivity contribution in [2.45, 2.75) is 6.04 Å². The zero-order valence-corrected chi connectivity index (χ0v) is 17.3. The van der Waals surface area contributed by atoms with Gasteiger partial charge in [0.1, 0.15) is 5.82 Å². The summed E-state index contributed by atoms with van der Waals surface area (Å²) in [6.07, 6.45) is 3.93. The van der Waals surface area contributed by atoms with Crippen LogP contribution in [-0.2, 0) is 9.53 Å². The fourth-order valence-corrected chi connectivity index (χ4v) is 3.90. The Bertz CT molecular complexity index is 1120. The number of esters is 1. The van der Waals surface area contributed by atoms with Crippen LogP contribution in [0.5, 0.6) is 0 Å². The molecule has 2 aromatic heterocycles. The Hall–Kier alpha value is -3.04. The molecule has 0 aliphatic carbocycles. The lowest BCUT2D eigenvalue weighted by atomic mass is 10.1. The first-order valence-electron chi connectivity index (χ1n) is 9.00. The second-order valence-corrected chi connectivity index (χ2v) is 7.47. The van der Waals surface area contributed by atoms with Gasteiger partial charge in [0.2, 0.25) is 0 Å². The standard InChI is InChI=1S/C19H17Cl2N5O4/c1-30-18(27)14-9-24(6-7-26(14)19(28)29)15-8-13(25-5-4-22-10-25)11-2-3-12(20)16(21)17(11)23-15/h2-5,8,10,14H,6-7,9H2,1H3,(H,28,29). The number of imidazole rings is 1. The first kappa shape index (κ1) is 20.2. The number of anilines is 1. The average molecular weight is 450 g/mol. The van der Waals surface area contributed by atoms with Crippen LogP contribution in [0.15, 0.2) is 36.9 Å². The number of amides is 1. The fraction of sp³-hybridized carbons (Fsp3) is 0.263. The first-order chi connectivity index (χ1) is 14.4. The molecular formula is C19H17Cl2N5O4. The highest BCUT2D eigenvalue weighted by Crippen LogP contribution is 2.35. The maximum absolute atomic E-state index is 12.2. The van der Waals surface area contributed by atoms with Crippen molar-refractivity contribution in [2.24, 2.45) is 0 Å². The number of carbonyl (C=O) groups is 2. The van der Waals surface area contributed by atoms with E-state index >= 15 is 0 Å². The SMILES string of the molecule is COC(=O)C1CN(c2cc(-n3ccnc3)c3ccc(Cl)c(Cl)c3n2)CCN1C(=O)O. The van der Waals surface area contributed by atoms with Crippen molar-refractivity contribution in [3.63, 3.8) is 0 Å². The number of ether oxygens (including phenoxy) is 1. The molecule has 1 aromatic carbocycles. The molecule has 0 spiro atoms. The zero-order valence-electron chi connectivity index (χ0n) is 15.8. The highest BCUT2D eigenvalue weighted by molar-refractivity contribution is 6.45. The van der Waals surface area contributed by atoms with E-state index in [1.807, 2.05) is 21.6 Å². The lowest BCUT2D eigenvalue weighted by Crippen LogP contribution is -2.58. The van der Waals surface area contributed by atoms with Crippen LogP contribution in [0.25, 0.3) is 16.6 Å². The fourth-order valence-electron chi connectivity index (χ4n) is 3.54. The lowest BCUT2D eigenvalue weighted by molar-refractivity contribution is -0.146. The van der Waals surface area contributed by atoms with E-state index in [0.717, 1.165) is 16.0 Å². The largest absolute Gasteiger partial charge is 0.467 e. The van der Waals surface area contributed by atoms with Gasteiger partial charge in [-0.25, -0.2) is 19.6 Å². The molecule has 1 N–H and O–H groups in total. The van der Waals surface area contributed by atoms with Gasteiger partial charge in [0.15, 0.2) is 6.04 Å². The number of nitrogens with zero attached hydrogens (tertiary/aromatic N) is 5. The molecular weight excluding hydrogens is 433 g/mol. The summed E-state index contributed by atoms with van der Waals surface area (Å²) >= 11 is 12.6. The van der Waals surface area contributed by atoms with Gasteiger partial charge in [-0.05, 0) is 12.1 Å². The van der Waals surface area contributed by atoms with Gasteiger partial charge in [0.05, 0.1) is 41.2 Å². The number of halogens is 2. The van der Waals surface area contributed by atoms with Crippen LogP contribution in [0.1, 0.15) is 0 Å². The van der Waals surface area contributed by atoms with Crippen LogP contribution < -0.4 is 4.90 Å². The van der Waals surface area contributed by atoms with Crippen LogP contribution in [-0.4, -0.2) is 69.4 Å². The number of benzene rings is 1. The van der Waals surface area contributed by atoms with Crippen molar-refractivity contribution in [1.82, 2.24) is 19.4 Å². The Balaban J connectivity index is 1.82. The average Bonchev–Trinajstić information content (AvgIpc) is 3.29. The molecule has 11 heteroatoms. The number of methoxy groups -OCH3 is 1. The molecule has 1 aliphatic rings. The maximum atomic E-state index is 12.2. The second-order valence-electron chi connectivity index (χ2n) is 6.69. The Morgan fingerprint density at radius 3 is 2.73 bits per heavy atom. The number of pyridine rings is 1. The van der Waals surface area contributed by atoms with E-state index in [1.165, 1.54) is 7.11 Å². The number of carbonyl (C=O) groups excluding carboxylic acids is 1. The minimum atomic E-state index is -1.18. The molecule has 4 rings (SSSR count). The Morgan fingerprint density at radius 2 is 2.07 bits per heavy atom. The Labute approximate surface area is 181 Å². The molecule has 1 unspecified atom stereocenters. The number of hydrogen-bond donors (Lipinski definition) is 1. The van der Waals surface area contributed by atoms with Crippen molar-refractivity contribution < 1.29 is 19.4 Å². The van der Waals surface area contributed by atoms with Gasteiger partial charge in [0, 0.05) is 36.9 Å². The summed E-state index contributed by atoms with van der Waals surface area (Å²) in [5, 5.41) is 10.9. The zero-order chi connectivity index (χ0) is 21.4. The molecule has 0 bridgehead atoms. The van der Waals surface area contributed by atoms with Crippen LogP contribution in [0, 0.1) is 0 Å². The minimum absolute atomic E-state index is 0.0963. The van der Waals surface area contributed by atoms with E-state index in [0.29, 0.717) is 27.9 Å². The summed E-state index contributed by atoms with van der Waals surface area (Å²) in [5.41, 5.74) is 1.28. The third-order valence-corrected chi connectivity index (χ3v) is 5.84. The molecule has 30 heavy (non-hydrogen) atoms. The number of hydrogen-bond acceptors (Lipinski definition) is 6. The molecule has 9 nitrogen and oxygen atoms in total. The van der Waals surface area contributed by atoms with Crippen molar-refractivity contribution in [1.29, 1.82) is 0 Å². The smallest absolute Gasteiger partial charge is 0.408 e. The van der Waals surface area contributed by atoms with E-state index in [4.69, 9.17) is 27.9 Å². The molecule has 1 atom stereocenters. The summed E-state index contributed by atoms with van der Waals surface area (Å²) in [4.78, 5) is 35.4. The molecule has 1 saturated heterocycles. The summed E-state index contributed by atoms with van der Waals surface area (Å²) in [6, 6.07) is 4.41. The van der Waals surface area contributed by atoms with Crippen LogP contribution >= 0.6 is 23.2 Å². The predicted molar refractivity (Wildman–Crippen MR) is 112 cm³/mol. The molecule has 3 heterocycles. The van der Waals surface area contributed by atoms with Crippen molar-refractivity contribution in [2.75, 3.05) is 31.6 Å². The molecule has 0 saturated carbocycles.